The summed E-state index contributed by atoms with van der Waals surface area (Å²) in [4.78, 5) is 12.4. The molecule has 0 radical (unpaired) electrons. The SMILES string of the molecule is CC[C@@H]1CCC[C@@H]1n1c(C)nc2cnc3[nH]ccc3c21.NS(=O)(=O)C1CC1.[HH].[HH]. The van der Waals surface area contributed by atoms with E-state index in [4.69, 9.17) is 10.1 Å². The van der Waals surface area contributed by atoms with Gasteiger partial charge in [0, 0.05) is 20.5 Å². The lowest BCUT2D eigenvalue weighted by molar-refractivity contribution is 0.372. The van der Waals surface area contributed by atoms with Crippen LogP contribution in [-0.4, -0.2) is 33.2 Å². The van der Waals surface area contributed by atoms with E-state index in [-0.39, 0.29) is 8.10 Å². The molecule has 0 spiro atoms. The maximum atomic E-state index is 10.2. The molecule has 0 bridgehead atoms. The van der Waals surface area contributed by atoms with Crippen LogP contribution in [-0.2, 0) is 10.0 Å². The Morgan fingerprint density at radius 2 is 2.11 bits per heavy atom. The summed E-state index contributed by atoms with van der Waals surface area (Å²) >= 11 is 0. The van der Waals surface area contributed by atoms with Crippen molar-refractivity contribution in [2.24, 2.45) is 11.1 Å². The number of primary sulfonamides is 1. The maximum absolute atomic E-state index is 10.2. The molecule has 27 heavy (non-hydrogen) atoms. The number of nitrogens with two attached hydrogens (primary N) is 1. The Kier molecular flexibility index (Phi) is 4.71. The predicted molar refractivity (Wildman–Crippen MR) is 111 cm³/mol. The molecule has 3 aromatic heterocycles. The van der Waals surface area contributed by atoms with Gasteiger partial charge in [-0.3, -0.25) is 0 Å². The zero-order chi connectivity index (χ0) is 19.2. The molecule has 0 saturated heterocycles. The molecule has 2 aliphatic rings. The van der Waals surface area contributed by atoms with Crippen LogP contribution < -0.4 is 5.14 Å². The van der Waals surface area contributed by atoms with Gasteiger partial charge in [-0.2, -0.15) is 0 Å². The van der Waals surface area contributed by atoms with E-state index in [9.17, 15) is 8.42 Å². The van der Waals surface area contributed by atoms with Crippen LogP contribution in [0.15, 0.2) is 18.5 Å². The first-order valence-corrected chi connectivity index (χ1v) is 11.3. The summed E-state index contributed by atoms with van der Waals surface area (Å²) in [6.45, 7) is 4.44. The van der Waals surface area contributed by atoms with E-state index in [1.807, 2.05) is 12.4 Å². The highest BCUT2D eigenvalue weighted by molar-refractivity contribution is 7.90. The number of aromatic amines is 1. The summed E-state index contributed by atoms with van der Waals surface area (Å²) < 4.78 is 22.8. The van der Waals surface area contributed by atoms with E-state index in [1.165, 1.54) is 36.6 Å². The number of nitrogens with one attached hydrogen (secondary N) is 1. The average Bonchev–Trinajstić information content (AvgIpc) is 3.08. The van der Waals surface area contributed by atoms with Crippen LogP contribution in [0.25, 0.3) is 22.1 Å². The lowest BCUT2D eigenvalue weighted by Crippen LogP contribution is -2.16. The molecule has 2 atom stereocenters. The predicted octanol–water partition coefficient (Wildman–Crippen LogP) is 3.90. The van der Waals surface area contributed by atoms with Gasteiger partial charge in [0.2, 0.25) is 10.0 Å². The number of pyridine rings is 1. The Morgan fingerprint density at radius 1 is 1.33 bits per heavy atom. The molecule has 3 aromatic rings. The number of aromatic nitrogens is 4. The molecular formula is C19H31N5O2S. The van der Waals surface area contributed by atoms with Gasteiger partial charge in [-0.1, -0.05) is 19.8 Å². The van der Waals surface area contributed by atoms with Gasteiger partial charge >= 0.3 is 0 Å². The van der Waals surface area contributed by atoms with E-state index in [0.29, 0.717) is 6.04 Å². The molecule has 0 aliphatic heterocycles. The average molecular weight is 394 g/mol. The van der Waals surface area contributed by atoms with Crippen molar-refractivity contribution in [2.45, 2.75) is 63.7 Å². The van der Waals surface area contributed by atoms with Crippen molar-refractivity contribution in [3.8, 4) is 0 Å². The molecule has 0 aromatic carbocycles. The van der Waals surface area contributed by atoms with Crippen LogP contribution in [0.1, 0.15) is 60.2 Å². The van der Waals surface area contributed by atoms with Gasteiger partial charge in [-0.15, -0.1) is 0 Å². The van der Waals surface area contributed by atoms with Crippen molar-refractivity contribution in [2.75, 3.05) is 0 Å². The summed E-state index contributed by atoms with van der Waals surface area (Å²) in [5.74, 6) is 1.91. The minimum Gasteiger partial charge on any atom is -0.346 e. The Morgan fingerprint density at radius 3 is 2.74 bits per heavy atom. The van der Waals surface area contributed by atoms with E-state index < -0.39 is 10.0 Å². The number of imidazole rings is 1. The highest BCUT2D eigenvalue weighted by atomic mass is 32.2. The second kappa shape index (κ2) is 6.91. The monoisotopic (exact) mass is 393 g/mol. The molecule has 0 amide bonds. The van der Waals surface area contributed by atoms with Crippen molar-refractivity contribution < 1.29 is 11.3 Å². The smallest absolute Gasteiger partial charge is 0.211 e. The third kappa shape index (κ3) is 3.48. The maximum Gasteiger partial charge on any atom is 0.211 e. The fourth-order valence-corrected chi connectivity index (χ4v) is 5.14. The number of aryl methyl sites for hydroxylation is 1. The molecular weight excluding hydrogens is 362 g/mol. The van der Waals surface area contributed by atoms with Crippen LogP contribution in [0.4, 0.5) is 0 Å². The van der Waals surface area contributed by atoms with Gasteiger partial charge in [0.05, 0.1) is 17.0 Å². The number of hydrogen-bond donors (Lipinski definition) is 2. The molecule has 150 valence electrons. The molecule has 2 aliphatic carbocycles. The summed E-state index contributed by atoms with van der Waals surface area (Å²) in [5, 5.41) is 5.71. The molecule has 3 heterocycles. The number of sulfonamides is 1. The Labute approximate surface area is 162 Å². The zero-order valence-corrected chi connectivity index (χ0v) is 16.7. The number of H-pyrrole nitrogens is 1. The molecule has 2 saturated carbocycles. The van der Waals surface area contributed by atoms with Crippen LogP contribution in [0.2, 0.25) is 0 Å². The first-order valence-electron chi connectivity index (χ1n) is 9.72. The highest BCUT2D eigenvalue weighted by Gasteiger charge is 2.32. The summed E-state index contributed by atoms with van der Waals surface area (Å²) in [7, 11) is -3.13. The number of fused-ring (bicyclic) bond motifs is 3. The Hall–Kier alpha value is -1.93. The molecule has 2 fully saturated rings. The molecule has 5 rings (SSSR count). The minimum atomic E-state index is -3.13. The lowest BCUT2D eigenvalue weighted by Gasteiger charge is -2.22. The van der Waals surface area contributed by atoms with Gasteiger partial charge in [-0.05, 0) is 44.6 Å². The van der Waals surface area contributed by atoms with Crippen LogP contribution in [0, 0.1) is 12.8 Å². The fourth-order valence-electron chi connectivity index (χ4n) is 4.34. The topological polar surface area (TPSA) is 107 Å². The Balaban J connectivity index is 0.000000287. The van der Waals surface area contributed by atoms with Gasteiger partial charge in [0.25, 0.3) is 0 Å². The van der Waals surface area contributed by atoms with Gasteiger partial charge in [0.15, 0.2) is 0 Å². The fraction of sp³-hybridized carbons (Fsp3) is 0.579. The summed E-state index contributed by atoms with van der Waals surface area (Å²) in [5.41, 5.74) is 3.25. The zero-order valence-electron chi connectivity index (χ0n) is 15.9. The van der Waals surface area contributed by atoms with E-state index >= 15 is 0 Å². The van der Waals surface area contributed by atoms with Gasteiger partial charge in [0.1, 0.15) is 17.0 Å². The lowest BCUT2D eigenvalue weighted by atomic mass is 10.00. The molecule has 7 nitrogen and oxygen atoms in total. The van der Waals surface area contributed by atoms with Crippen molar-refractivity contribution >= 4 is 32.1 Å². The molecule has 3 N–H and O–H groups in total. The van der Waals surface area contributed by atoms with Crippen molar-refractivity contribution in [1.29, 1.82) is 0 Å². The summed E-state index contributed by atoms with van der Waals surface area (Å²) in [6.07, 6.45) is 10.6. The van der Waals surface area contributed by atoms with Crippen LogP contribution in [0.5, 0.6) is 0 Å². The number of rotatable bonds is 3. The normalized spacial score (nSPS) is 22.9. The second-order valence-corrected chi connectivity index (χ2v) is 9.56. The van der Waals surface area contributed by atoms with Gasteiger partial charge in [-0.25, -0.2) is 23.5 Å². The van der Waals surface area contributed by atoms with Crippen LogP contribution in [0.3, 0.4) is 0 Å². The van der Waals surface area contributed by atoms with Crippen molar-refractivity contribution in [3.63, 3.8) is 0 Å². The van der Waals surface area contributed by atoms with Gasteiger partial charge < -0.3 is 9.55 Å². The largest absolute Gasteiger partial charge is 0.346 e. The standard InChI is InChI=1S/C16H20N4.C3H7NO2S.2H2/c1-3-11-5-4-6-14(11)20-10(2)19-13-9-18-16-12(15(13)20)7-8-17-16;4-7(5,6)3-1-2-3;;/h7-9,11,14H,3-6H2,1-2H3,(H,17,18);3H,1-2H2,(H2,4,5,6);2*1H/t11-,14+;;;/m1.../s1. The minimum absolute atomic E-state index is 0. The van der Waals surface area contributed by atoms with E-state index in [1.54, 1.807) is 0 Å². The first-order chi connectivity index (χ1) is 12.9. The third-order valence-electron chi connectivity index (χ3n) is 5.87. The number of nitrogens with zero attached hydrogens (tertiary/aromatic N) is 3. The van der Waals surface area contributed by atoms with Crippen LogP contribution >= 0.6 is 0 Å². The second-order valence-electron chi connectivity index (χ2n) is 7.72. The van der Waals surface area contributed by atoms with E-state index in [0.717, 1.165) is 35.7 Å². The quantitative estimate of drug-likeness (QED) is 0.703. The van der Waals surface area contributed by atoms with Crippen molar-refractivity contribution in [1.82, 2.24) is 19.5 Å². The first kappa shape index (κ1) is 18.4. The van der Waals surface area contributed by atoms with Crippen molar-refractivity contribution in [3.05, 3.63) is 24.3 Å². The third-order valence-corrected chi connectivity index (χ3v) is 7.28. The molecule has 8 heteroatoms. The highest BCUT2D eigenvalue weighted by Crippen LogP contribution is 2.41. The summed E-state index contributed by atoms with van der Waals surface area (Å²) in [6, 6.07) is 2.73. The molecule has 0 unspecified atom stereocenters. The van der Waals surface area contributed by atoms with E-state index in [2.05, 4.69) is 34.4 Å². The number of hydrogen-bond acceptors (Lipinski definition) is 4. The Bertz CT molecular complexity index is 1080.